The Bertz CT molecular complexity index is 1030. The first-order valence-electron chi connectivity index (χ1n) is 9.62. The van der Waals surface area contributed by atoms with Crippen molar-refractivity contribution in [3.63, 3.8) is 0 Å². The second kappa shape index (κ2) is 8.18. The van der Waals surface area contributed by atoms with E-state index in [-0.39, 0.29) is 16.8 Å². The molecule has 0 N–H and O–H groups in total. The zero-order valence-corrected chi connectivity index (χ0v) is 18.6. The van der Waals surface area contributed by atoms with E-state index in [9.17, 15) is 13.2 Å². The molecular weight excluding hydrogens is 456 g/mol. The lowest BCUT2D eigenvalue weighted by Crippen LogP contribution is -2.40. The van der Waals surface area contributed by atoms with Gasteiger partial charge in [0.2, 0.25) is 10.0 Å². The Morgan fingerprint density at radius 1 is 1.17 bits per heavy atom. The van der Waals surface area contributed by atoms with Gasteiger partial charge in [-0.05, 0) is 58.1 Å². The maximum absolute atomic E-state index is 13.2. The lowest BCUT2D eigenvalue weighted by molar-refractivity contribution is 0.0725. The van der Waals surface area contributed by atoms with Crippen molar-refractivity contribution in [2.45, 2.75) is 23.8 Å². The van der Waals surface area contributed by atoms with Crippen molar-refractivity contribution < 1.29 is 17.9 Å². The first-order chi connectivity index (χ1) is 13.9. The number of carbonyl (C=O) groups is 1. The average molecular weight is 479 g/mol. The predicted molar refractivity (Wildman–Crippen MR) is 113 cm³/mol. The molecule has 1 aliphatic carbocycles. The van der Waals surface area contributed by atoms with Crippen LogP contribution >= 0.6 is 15.9 Å². The fourth-order valence-electron chi connectivity index (χ4n) is 4.04. The number of carbonyl (C=O) groups excluding carboxylic acids is 1. The molecule has 1 unspecified atom stereocenters. The van der Waals surface area contributed by atoms with Crippen molar-refractivity contribution in [1.29, 1.82) is 0 Å². The van der Waals surface area contributed by atoms with Crippen molar-refractivity contribution >= 4 is 31.9 Å². The molecule has 1 aliphatic heterocycles. The smallest absolute Gasteiger partial charge is 0.254 e. The monoisotopic (exact) mass is 478 g/mol. The third-order valence-electron chi connectivity index (χ3n) is 5.66. The van der Waals surface area contributed by atoms with Gasteiger partial charge < -0.3 is 9.64 Å². The summed E-state index contributed by atoms with van der Waals surface area (Å²) in [4.78, 5) is 15.0. The van der Waals surface area contributed by atoms with Gasteiger partial charge in [-0.3, -0.25) is 4.79 Å². The van der Waals surface area contributed by atoms with E-state index < -0.39 is 10.0 Å². The molecule has 0 radical (unpaired) electrons. The summed E-state index contributed by atoms with van der Waals surface area (Å²) in [5, 5.41) is 0. The highest BCUT2D eigenvalue weighted by Crippen LogP contribution is 2.36. The molecule has 6 nitrogen and oxygen atoms in total. The first kappa shape index (κ1) is 20.5. The van der Waals surface area contributed by atoms with Crippen molar-refractivity contribution in [3.8, 4) is 0 Å². The minimum Gasteiger partial charge on any atom is -0.379 e. The van der Waals surface area contributed by atoms with E-state index >= 15 is 0 Å². The van der Waals surface area contributed by atoms with Crippen LogP contribution in [-0.2, 0) is 21.2 Å². The van der Waals surface area contributed by atoms with Crippen LogP contribution in [0.3, 0.4) is 0 Å². The van der Waals surface area contributed by atoms with E-state index in [0.29, 0.717) is 36.3 Å². The second-order valence-corrected chi connectivity index (χ2v) is 10.1. The number of rotatable bonds is 4. The summed E-state index contributed by atoms with van der Waals surface area (Å²) in [7, 11) is -1.92. The zero-order chi connectivity index (χ0) is 20.6. The van der Waals surface area contributed by atoms with Gasteiger partial charge in [0.05, 0.1) is 24.2 Å². The Labute approximate surface area is 179 Å². The number of amides is 1. The summed E-state index contributed by atoms with van der Waals surface area (Å²) >= 11 is 3.34. The molecule has 1 atom stereocenters. The summed E-state index contributed by atoms with van der Waals surface area (Å²) in [6.07, 6.45) is 1.81. The maximum Gasteiger partial charge on any atom is 0.254 e. The van der Waals surface area contributed by atoms with E-state index in [1.165, 1.54) is 21.5 Å². The van der Waals surface area contributed by atoms with Crippen molar-refractivity contribution in [3.05, 3.63) is 63.6 Å². The van der Waals surface area contributed by atoms with Gasteiger partial charge in [-0.25, -0.2) is 8.42 Å². The predicted octanol–water partition coefficient (Wildman–Crippen LogP) is 3.23. The highest BCUT2D eigenvalue weighted by Gasteiger charge is 2.31. The Balaban J connectivity index is 1.62. The van der Waals surface area contributed by atoms with E-state index in [0.717, 1.165) is 12.8 Å². The minimum atomic E-state index is -3.71. The molecule has 1 amide bonds. The zero-order valence-electron chi connectivity index (χ0n) is 16.2. The first-order valence-corrected chi connectivity index (χ1v) is 11.9. The number of morpholine rings is 1. The quantitative estimate of drug-likeness (QED) is 0.676. The van der Waals surface area contributed by atoms with Gasteiger partial charge in [-0.2, -0.15) is 4.31 Å². The number of hydrogen-bond acceptors (Lipinski definition) is 4. The van der Waals surface area contributed by atoms with Gasteiger partial charge in [-0.15, -0.1) is 0 Å². The topological polar surface area (TPSA) is 66.9 Å². The summed E-state index contributed by atoms with van der Waals surface area (Å²) in [6.45, 7) is 1.37. The number of hydrogen-bond donors (Lipinski definition) is 0. The molecule has 0 spiro atoms. The molecular formula is C21H23BrN2O4S. The van der Waals surface area contributed by atoms with Crippen LogP contribution in [0, 0.1) is 0 Å². The fourth-order valence-corrected chi connectivity index (χ4v) is 6.40. The van der Waals surface area contributed by atoms with Gasteiger partial charge in [0.1, 0.15) is 0 Å². The number of fused-ring (bicyclic) bond motifs is 1. The number of sulfonamides is 1. The molecule has 2 aliphatic rings. The Morgan fingerprint density at radius 3 is 2.66 bits per heavy atom. The van der Waals surface area contributed by atoms with Crippen LogP contribution in [0.5, 0.6) is 0 Å². The maximum atomic E-state index is 13.2. The Kier molecular flexibility index (Phi) is 5.79. The van der Waals surface area contributed by atoms with E-state index in [1.54, 1.807) is 24.1 Å². The fraction of sp³-hybridized carbons (Fsp3) is 0.381. The lowest BCUT2D eigenvalue weighted by atomic mass is 10.1. The molecule has 1 heterocycles. The molecule has 0 aromatic heterocycles. The summed E-state index contributed by atoms with van der Waals surface area (Å²) < 4.78 is 33.3. The van der Waals surface area contributed by atoms with Gasteiger partial charge >= 0.3 is 0 Å². The van der Waals surface area contributed by atoms with Crippen LogP contribution < -0.4 is 0 Å². The Hall–Kier alpha value is -1.74. The number of aryl methyl sites for hydroxylation is 1. The third kappa shape index (κ3) is 3.86. The summed E-state index contributed by atoms with van der Waals surface area (Å²) in [5.74, 6) is -0.183. The lowest BCUT2D eigenvalue weighted by Gasteiger charge is -2.27. The van der Waals surface area contributed by atoms with E-state index in [4.69, 9.17) is 4.74 Å². The Morgan fingerprint density at radius 2 is 1.90 bits per heavy atom. The molecule has 4 rings (SSSR count). The van der Waals surface area contributed by atoms with Crippen molar-refractivity contribution in [1.82, 2.24) is 9.21 Å². The van der Waals surface area contributed by atoms with E-state index in [1.807, 2.05) is 12.1 Å². The molecule has 0 saturated carbocycles. The van der Waals surface area contributed by atoms with Crippen LogP contribution in [0.1, 0.15) is 33.9 Å². The van der Waals surface area contributed by atoms with E-state index in [2.05, 4.69) is 28.1 Å². The summed E-state index contributed by atoms with van der Waals surface area (Å²) in [6, 6.07) is 12.9. The van der Waals surface area contributed by atoms with Crippen LogP contribution in [0.2, 0.25) is 0 Å². The number of benzene rings is 2. The molecule has 1 saturated heterocycles. The molecule has 154 valence electrons. The number of halogens is 1. The largest absolute Gasteiger partial charge is 0.379 e. The molecule has 2 aromatic rings. The molecule has 0 bridgehead atoms. The highest BCUT2D eigenvalue weighted by atomic mass is 79.9. The molecule has 29 heavy (non-hydrogen) atoms. The SMILES string of the molecule is CN(C(=O)c1ccc(Br)c(S(=O)(=O)N2CCOCC2)c1)C1CCc2ccccc21. The van der Waals surface area contributed by atoms with Gasteiger partial charge in [0.15, 0.2) is 0 Å². The normalized spacial score (nSPS) is 19.7. The molecule has 1 fully saturated rings. The average Bonchev–Trinajstić information content (AvgIpc) is 3.17. The van der Waals surface area contributed by atoms with Gasteiger partial charge in [0.25, 0.3) is 5.91 Å². The van der Waals surface area contributed by atoms with Crippen LogP contribution in [0.4, 0.5) is 0 Å². The van der Waals surface area contributed by atoms with Crippen LogP contribution in [-0.4, -0.2) is 56.9 Å². The highest BCUT2D eigenvalue weighted by molar-refractivity contribution is 9.10. The molecule has 8 heteroatoms. The standard InChI is InChI=1S/C21H23BrN2O4S/c1-23(19-9-7-15-4-2-3-5-17(15)19)21(25)16-6-8-18(22)20(14-16)29(26,27)24-10-12-28-13-11-24/h2-6,8,14,19H,7,9-13H2,1H3. The van der Waals surface area contributed by atoms with Crippen molar-refractivity contribution in [2.24, 2.45) is 0 Å². The van der Waals surface area contributed by atoms with Crippen molar-refractivity contribution in [2.75, 3.05) is 33.4 Å². The third-order valence-corrected chi connectivity index (χ3v) is 8.55. The summed E-state index contributed by atoms with van der Waals surface area (Å²) in [5.41, 5.74) is 2.80. The second-order valence-electron chi connectivity index (χ2n) is 7.33. The minimum absolute atomic E-state index is 0.00153. The molecule has 2 aromatic carbocycles. The number of ether oxygens (including phenoxy) is 1. The van der Waals surface area contributed by atoms with Gasteiger partial charge in [-0.1, -0.05) is 24.3 Å². The van der Waals surface area contributed by atoms with Gasteiger partial charge in [0, 0.05) is 30.2 Å². The number of nitrogens with zero attached hydrogens (tertiary/aromatic N) is 2. The van der Waals surface area contributed by atoms with Crippen LogP contribution in [0.15, 0.2) is 51.8 Å². The van der Waals surface area contributed by atoms with Crippen LogP contribution in [0.25, 0.3) is 0 Å².